The van der Waals surface area contributed by atoms with E-state index < -0.39 is 0 Å². The Kier molecular flexibility index (Phi) is 4.70. The quantitative estimate of drug-likeness (QED) is 0.619. The van der Waals surface area contributed by atoms with Gasteiger partial charge >= 0.3 is 0 Å². The molecule has 1 aliphatic heterocycles. The number of methoxy groups -OCH3 is 1. The third-order valence-corrected chi connectivity index (χ3v) is 5.25. The van der Waals surface area contributed by atoms with Crippen LogP contribution in [0.4, 0.5) is 5.69 Å². The molecular weight excluding hydrogens is 410 g/mol. The van der Waals surface area contributed by atoms with Gasteiger partial charge in [0.05, 0.1) is 18.7 Å². The van der Waals surface area contributed by atoms with Crippen LogP contribution >= 0.6 is 15.9 Å². The molecule has 0 N–H and O–H groups in total. The van der Waals surface area contributed by atoms with E-state index >= 15 is 0 Å². The first kappa shape index (κ1) is 17.7. The standard InChI is InChI=1S/C20H18BrN3O3/c1-12-3-8-16(26-2)10-17(12)24-11-14(9-18(24)25)20-22-19(23-27-20)13-4-6-15(21)7-5-13/h3-8,10,14H,9,11H2,1-2H3. The van der Waals surface area contributed by atoms with Crippen molar-refractivity contribution in [1.82, 2.24) is 10.1 Å². The van der Waals surface area contributed by atoms with Gasteiger partial charge in [-0.05, 0) is 42.8 Å². The van der Waals surface area contributed by atoms with Crippen molar-refractivity contribution in [2.45, 2.75) is 19.3 Å². The predicted molar refractivity (Wildman–Crippen MR) is 105 cm³/mol. The molecule has 7 heteroatoms. The highest BCUT2D eigenvalue weighted by atomic mass is 79.9. The molecule has 0 saturated carbocycles. The topological polar surface area (TPSA) is 68.5 Å². The molecule has 0 spiro atoms. The number of nitrogens with zero attached hydrogens (tertiary/aromatic N) is 3. The van der Waals surface area contributed by atoms with Gasteiger partial charge in [-0.1, -0.05) is 27.2 Å². The lowest BCUT2D eigenvalue weighted by Gasteiger charge is -2.19. The van der Waals surface area contributed by atoms with Gasteiger partial charge in [0.2, 0.25) is 17.6 Å². The molecule has 1 unspecified atom stereocenters. The van der Waals surface area contributed by atoms with Gasteiger partial charge in [-0.2, -0.15) is 4.98 Å². The lowest BCUT2D eigenvalue weighted by atomic mass is 10.1. The van der Waals surface area contributed by atoms with Gasteiger partial charge in [0.15, 0.2) is 0 Å². The zero-order chi connectivity index (χ0) is 19.0. The maximum Gasteiger partial charge on any atom is 0.232 e. The van der Waals surface area contributed by atoms with E-state index in [0.29, 0.717) is 24.7 Å². The average molecular weight is 428 g/mol. The molecule has 3 aromatic rings. The minimum atomic E-state index is -0.125. The summed E-state index contributed by atoms with van der Waals surface area (Å²) in [7, 11) is 1.62. The molecule has 138 valence electrons. The Morgan fingerprint density at radius 2 is 2.00 bits per heavy atom. The summed E-state index contributed by atoms with van der Waals surface area (Å²) in [4.78, 5) is 18.9. The van der Waals surface area contributed by atoms with Crippen LogP contribution in [0.1, 0.15) is 23.8 Å². The molecule has 0 aliphatic carbocycles. The molecule has 4 rings (SSSR count). The molecule has 1 fully saturated rings. The van der Waals surface area contributed by atoms with E-state index in [2.05, 4.69) is 26.1 Å². The van der Waals surface area contributed by atoms with Gasteiger partial charge in [-0.3, -0.25) is 4.79 Å². The van der Waals surface area contributed by atoms with Crippen LogP contribution in [-0.4, -0.2) is 29.7 Å². The highest BCUT2D eigenvalue weighted by Gasteiger charge is 2.35. The number of rotatable bonds is 4. The molecule has 2 heterocycles. The molecule has 0 radical (unpaired) electrons. The summed E-state index contributed by atoms with van der Waals surface area (Å²) in [6.07, 6.45) is 0.346. The molecule has 1 atom stereocenters. The fraction of sp³-hybridized carbons (Fsp3) is 0.250. The number of halogens is 1. The normalized spacial score (nSPS) is 16.8. The Hall–Kier alpha value is -2.67. The van der Waals surface area contributed by atoms with Crippen molar-refractivity contribution in [1.29, 1.82) is 0 Å². The molecule has 1 saturated heterocycles. The Bertz CT molecular complexity index is 984. The number of carbonyl (C=O) groups is 1. The summed E-state index contributed by atoms with van der Waals surface area (Å²) in [6, 6.07) is 13.4. The van der Waals surface area contributed by atoms with Crippen molar-refractivity contribution in [2.24, 2.45) is 0 Å². The summed E-state index contributed by atoms with van der Waals surface area (Å²) in [6.45, 7) is 2.49. The van der Waals surface area contributed by atoms with Crippen LogP contribution < -0.4 is 9.64 Å². The van der Waals surface area contributed by atoms with Crippen molar-refractivity contribution in [2.75, 3.05) is 18.6 Å². The monoisotopic (exact) mass is 427 g/mol. The van der Waals surface area contributed by atoms with E-state index in [1.54, 1.807) is 12.0 Å². The van der Waals surface area contributed by atoms with Crippen LogP contribution in [0.2, 0.25) is 0 Å². The SMILES string of the molecule is COc1ccc(C)c(N2CC(c3nc(-c4ccc(Br)cc4)no3)CC2=O)c1. The van der Waals surface area contributed by atoms with Crippen molar-refractivity contribution in [3.8, 4) is 17.1 Å². The average Bonchev–Trinajstić information content (AvgIpc) is 3.30. The first-order valence-electron chi connectivity index (χ1n) is 8.59. The van der Waals surface area contributed by atoms with Crippen LogP contribution in [0.15, 0.2) is 51.5 Å². The smallest absolute Gasteiger partial charge is 0.232 e. The Balaban J connectivity index is 1.57. The van der Waals surface area contributed by atoms with Crippen LogP contribution in [0.3, 0.4) is 0 Å². The second-order valence-electron chi connectivity index (χ2n) is 6.52. The van der Waals surface area contributed by atoms with Crippen molar-refractivity contribution in [3.05, 3.63) is 58.4 Å². The zero-order valence-electron chi connectivity index (χ0n) is 15.0. The number of aryl methyl sites for hydroxylation is 1. The van der Waals surface area contributed by atoms with E-state index in [0.717, 1.165) is 27.0 Å². The van der Waals surface area contributed by atoms with Gasteiger partial charge in [0.1, 0.15) is 5.75 Å². The van der Waals surface area contributed by atoms with Crippen molar-refractivity contribution >= 4 is 27.5 Å². The van der Waals surface area contributed by atoms with Crippen LogP contribution in [0.25, 0.3) is 11.4 Å². The molecule has 1 aliphatic rings. The molecule has 0 bridgehead atoms. The summed E-state index contributed by atoms with van der Waals surface area (Å²) in [5.74, 6) is 1.66. The van der Waals surface area contributed by atoms with E-state index in [1.165, 1.54) is 0 Å². The Morgan fingerprint density at radius 3 is 2.74 bits per heavy atom. The number of ether oxygens (including phenoxy) is 1. The number of hydrogen-bond acceptors (Lipinski definition) is 5. The molecular formula is C20H18BrN3O3. The van der Waals surface area contributed by atoms with Gasteiger partial charge in [-0.25, -0.2) is 0 Å². The largest absolute Gasteiger partial charge is 0.497 e. The highest BCUT2D eigenvalue weighted by Crippen LogP contribution is 2.35. The second kappa shape index (κ2) is 7.15. The maximum absolute atomic E-state index is 12.6. The first-order chi connectivity index (χ1) is 13.0. The molecule has 27 heavy (non-hydrogen) atoms. The predicted octanol–water partition coefficient (Wildman–Crippen LogP) is 4.34. The summed E-state index contributed by atoms with van der Waals surface area (Å²) < 4.78 is 11.7. The number of anilines is 1. The first-order valence-corrected chi connectivity index (χ1v) is 9.39. The number of hydrogen-bond donors (Lipinski definition) is 0. The maximum atomic E-state index is 12.6. The Labute approximate surface area is 165 Å². The number of aromatic nitrogens is 2. The van der Waals surface area contributed by atoms with Gasteiger partial charge in [0.25, 0.3) is 0 Å². The highest BCUT2D eigenvalue weighted by molar-refractivity contribution is 9.10. The van der Waals surface area contributed by atoms with E-state index in [-0.39, 0.29) is 11.8 Å². The fourth-order valence-electron chi connectivity index (χ4n) is 3.23. The van der Waals surface area contributed by atoms with Crippen molar-refractivity contribution in [3.63, 3.8) is 0 Å². The summed E-state index contributed by atoms with van der Waals surface area (Å²) >= 11 is 3.41. The molecule has 6 nitrogen and oxygen atoms in total. The van der Waals surface area contributed by atoms with Crippen molar-refractivity contribution < 1.29 is 14.1 Å². The van der Waals surface area contributed by atoms with E-state index in [1.807, 2.05) is 49.4 Å². The third kappa shape index (κ3) is 3.47. The molecule has 1 amide bonds. The van der Waals surface area contributed by atoms with E-state index in [9.17, 15) is 4.79 Å². The van der Waals surface area contributed by atoms with Gasteiger partial charge in [0, 0.05) is 29.1 Å². The number of carbonyl (C=O) groups excluding carboxylic acids is 1. The van der Waals surface area contributed by atoms with Gasteiger partial charge < -0.3 is 14.2 Å². The molecule has 1 aromatic heterocycles. The molecule has 2 aromatic carbocycles. The van der Waals surface area contributed by atoms with Crippen LogP contribution in [0, 0.1) is 6.92 Å². The summed E-state index contributed by atoms with van der Waals surface area (Å²) in [5, 5.41) is 4.08. The zero-order valence-corrected chi connectivity index (χ0v) is 16.6. The summed E-state index contributed by atoms with van der Waals surface area (Å²) in [5.41, 5.74) is 2.75. The third-order valence-electron chi connectivity index (χ3n) is 4.73. The van der Waals surface area contributed by atoms with E-state index in [4.69, 9.17) is 9.26 Å². The number of amides is 1. The Morgan fingerprint density at radius 1 is 1.22 bits per heavy atom. The second-order valence-corrected chi connectivity index (χ2v) is 7.44. The number of benzene rings is 2. The van der Waals surface area contributed by atoms with Crippen LogP contribution in [0.5, 0.6) is 5.75 Å². The lowest BCUT2D eigenvalue weighted by molar-refractivity contribution is -0.117. The van der Waals surface area contributed by atoms with Gasteiger partial charge in [-0.15, -0.1) is 0 Å². The minimum Gasteiger partial charge on any atom is -0.497 e. The fourth-order valence-corrected chi connectivity index (χ4v) is 3.49. The van der Waals surface area contributed by atoms with Crippen LogP contribution in [-0.2, 0) is 4.79 Å². The lowest BCUT2D eigenvalue weighted by Crippen LogP contribution is -2.25. The minimum absolute atomic E-state index is 0.0414.